The van der Waals surface area contributed by atoms with Crippen molar-refractivity contribution in [2.24, 2.45) is 14.1 Å². The van der Waals surface area contributed by atoms with Crippen molar-refractivity contribution in [3.05, 3.63) is 58.0 Å². The smallest absolute Gasteiger partial charge is 0.255 e. The van der Waals surface area contributed by atoms with E-state index in [0.29, 0.717) is 17.1 Å². The predicted octanol–water partition coefficient (Wildman–Crippen LogP) is 2.05. The third-order valence-corrected chi connectivity index (χ3v) is 5.60. The van der Waals surface area contributed by atoms with Crippen LogP contribution < -0.4 is 10.9 Å². The molecule has 1 N–H and O–H groups in total. The topological polar surface area (TPSA) is 68.9 Å². The average Bonchev–Trinajstić information content (AvgIpc) is 2.84. The number of thioether (sulfide) groups is 1. The first-order valence-electron chi connectivity index (χ1n) is 7.58. The minimum atomic E-state index is -0.226. The largest absolute Gasteiger partial charge is 0.311 e. The van der Waals surface area contributed by atoms with E-state index in [1.807, 2.05) is 30.3 Å². The molecular weight excluding hydrogens is 324 g/mol. The number of anilines is 1. The van der Waals surface area contributed by atoms with Gasteiger partial charge in [-0.15, -0.1) is 11.8 Å². The van der Waals surface area contributed by atoms with Gasteiger partial charge >= 0.3 is 0 Å². The number of nitrogens with zero attached hydrogens (tertiary/aromatic N) is 3. The lowest BCUT2D eigenvalue weighted by Gasteiger charge is -2.16. The molecule has 0 unspecified atom stereocenters. The highest BCUT2D eigenvalue weighted by atomic mass is 32.2. The van der Waals surface area contributed by atoms with Gasteiger partial charge in [-0.05, 0) is 17.5 Å². The van der Waals surface area contributed by atoms with E-state index in [1.165, 1.54) is 11.8 Å². The summed E-state index contributed by atoms with van der Waals surface area (Å²) in [7, 11) is 3.56. The number of amides is 1. The molecule has 1 aromatic carbocycles. The fraction of sp³-hybridized carbons (Fsp3) is 0.235. The number of carbonyl (C=O) groups excluding carboxylic acids is 1. The molecule has 1 amide bonds. The summed E-state index contributed by atoms with van der Waals surface area (Å²) in [4.78, 5) is 24.9. The highest BCUT2D eigenvalue weighted by Crippen LogP contribution is 2.40. The molecule has 0 aliphatic carbocycles. The zero-order valence-electron chi connectivity index (χ0n) is 13.3. The van der Waals surface area contributed by atoms with Gasteiger partial charge in [0.25, 0.3) is 5.56 Å². The summed E-state index contributed by atoms with van der Waals surface area (Å²) in [6.07, 6.45) is 1.73. The van der Waals surface area contributed by atoms with Crippen LogP contribution in [0.25, 0.3) is 10.9 Å². The predicted molar refractivity (Wildman–Crippen MR) is 95.3 cm³/mol. The van der Waals surface area contributed by atoms with Gasteiger partial charge in [-0.2, -0.15) is 5.10 Å². The number of para-hydroxylation sites is 1. The first kappa shape index (κ1) is 15.0. The van der Waals surface area contributed by atoms with Gasteiger partial charge in [-0.25, -0.2) is 0 Å². The number of aromatic nitrogens is 3. The van der Waals surface area contributed by atoms with Crippen molar-refractivity contribution in [2.75, 3.05) is 11.1 Å². The van der Waals surface area contributed by atoms with Crippen LogP contribution >= 0.6 is 11.8 Å². The molecule has 3 aromatic rings. The second-order valence-corrected chi connectivity index (χ2v) is 6.93. The van der Waals surface area contributed by atoms with Gasteiger partial charge in [0.05, 0.1) is 22.7 Å². The van der Waals surface area contributed by atoms with Crippen LogP contribution in [0, 0.1) is 0 Å². The Bertz CT molecular complexity index is 1020. The molecule has 7 heteroatoms. The van der Waals surface area contributed by atoms with Crippen molar-refractivity contribution in [2.45, 2.75) is 5.25 Å². The van der Waals surface area contributed by atoms with E-state index >= 15 is 0 Å². The molecule has 0 spiro atoms. The highest BCUT2D eigenvalue weighted by Gasteiger charge is 2.29. The quantitative estimate of drug-likeness (QED) is 0.736. The molecule has 0 radical (unpaired) electrons. The van der Waals surface area contributed by atoms with Crippen molar-refractivity contribution < 1.29 is 4.79 Å². The Morgan fingerprint density at radius 1 is 1.21 bits per heavy atom. The van der Waals surface area contributed by atoms with E-state index in [0.717, 1.165) is 16.5 Å². The molecule has 0 fully saturated rings. The molecular formula is C17H16N4O2S. The van der Waals surface area contributed by atoms with Crippen LogP contribution in [0.15, 0.2) is 41.3 Å². The summed E-state index contributed by atoms with van der Waals surface area (Å²) >= 11 is 1.45. The number of benzene rings is 1. The summed E-state index contributed by atoms with van der Waals surface area (Å²) in [5.74, 6) is 0.880. The Balaban J connectivity index is 1.96. The van der Waals surface area contributed by atoms with Gasteiger partial charge in [0.15, 0.2) is 0 Å². The number of nitrogens with one attached hydrogen (secondary N) is 1. The zero-order chi connectivity index (χ0) is 16.8. The van der Waals surface area contributed by atoms with Crippen molar-refractivity contribution in [1.29, 1.82) is 0 Å². The molecule has 6 nitrogen and oxygen atoms in total. The Labute approximate surface area is 142 Å². The van der Waals surface area contributed by atoms with Gasteiger partial charge in [0.2, 0.25) is 5.91 Å². The summed E-state index contributed by atoms with van der Waals surface area (Å²) in [5, 5.41) is 7.90. The molecule has 122 valence electrons. The second kappa shape index (κ2) is 5.52. The minimum absolute atomic E-state index is 0.0460. The van der Waals surface area contributed by atoms with Gasteiger partial charge in [0.1, 0.15) is 5.82 Å². The summed E-state index contributed by atoms with van der Waals surface area (Å²) in [5.41, 5.74) is 2.38. The zero-order valence-corrected chi connectivity index (χ0v) is 14.1. The first-order chi connectivity index (χ1) is 11.6. The molecule has 2 aromatic heterocycles. The fourth-order valence-corrected chi connectivity index (χ4v) is 4.20. The fourth-order valence-electron chi connectivity index (χ4n) is 3.11. The number of pyridine rings is 1. The van der Waals surface area contributed by atoms with Crippen LogP contribution in [0.2, 0.25) is 0 Å². The van der Waals surface area contributed by atoms with Crippen molar-refractivity contribution in [3.63, 3.8) is 0 Å². The van der Waals surface area contributed by atoms with Gasteiger partial charge in [0, 0.05) is 25.2 Å². The molecule has 0 saturated carbocycles. The van der Waals surface area contributed by atoms with Crippen LogP contribution in [0.4, 0.5) is 5.82 Å². The standard InChI is InChI=1S/C17H16N4O2S/c1-20-13-6-4-3-5-10(13)7-11(17(20)23)15-12-8-18-21(2)16(12)19-14(22)9-24-15/h3-8,15H,9H2,1-2H3,(H,19,22)/t15-/m1/s1. The highest BCUT2D eigenvalue weighted by molar-refractivity contribution is 8.00. The Kier molecular flexibility index (Phi) is 3.45. The summed E-state index contributed by atoms with van der Waals surface area (Å²) in [6, 6.07) is 9.73. The van der Waals surface area contributed by atoms with Crippen LogP contribution in [0.1, 0.15) is 16.4 Å². The molecule has 24 heavy (non-hydrogen) atoms. The molecule has 1 aliphatic heterocycles. The number of carbonyl (C=O) groups is 1. The van der Waals surface area contributed by atoms with E-state index in [2.05, 4.69) is 10.4 Å². The molecule has 1 atom stereocenters. The number of hydrogen-bond acceptors (Lipinski definition) is 4. The van der Waals surface area contributed by atoms with E-state index in [9.17, 15) is 9.59 Å². The molecule has 0 bridgehead atoms. The number of rotatable bonds is 1. The number of hydrogen-bond donors (Lipinski definition) is 1. The lowest BCUT2D eigenvalue weighted by molar-refractivity contribution is -0.113. The van der Waals surface area contributed by atoms with Crippen molar-refractivity contribution in [1.82, 2.24) is 14.3 Å². The molecule has 0 saturated heterocycles. The maximum Gasteiger partial charge on any atom is 0.255 e. The van der Waals surface area contributed by atoms with E-state index < -0.39 is 0 Å². The lowest BCUT2D eigenvalue weighted by atomic mass is 10.1. The lowest BCUT2D eigenvalue weighted by Crippen LogP contribution is -2.23. The monoisotopic (exact) mass is 340 g/mol. The second-order valence-electron chi connectivity index (χ2n) is 5.83. The number of fused-ring (bicyclic) bond motifs is 2. The Hall–Kier alpha value is -2.54. The van der Waals surface area contributed by atoms with E-state index in [1.54, 1.807) is 29.5 Å². The molecule has 3 heterocycles. The van der Waals surface area contributed by atoms with Crippen molar-refractivity contribution in [3.8, 4) is 0 Å². The van der Waals surface area contributed by atoms with Crippen LogP contribution in [0.3, 0.4) is 0 Å². The Morgan fingerprint density at radius 3 is 2.83 bits per heavy atom. The molecule has 4 rings (SSSR count). The SMILES string of the molecule is Cn1ncc2c1NC(=O)CS[C@@H]2c1cc2ccccc2n(C)c1=O. The van der Waals surface area contributed by atoms with Gasteiger partial charge < -0.3 is 9.88 Å². The third-order valence-electron chi connectivity index (χ3n) is 4.33. The third kappa shape index (κ3) is 2.24. The van der Waals surface area contributed by atoms with Crippen LogP contribution in [-0.2, 0) is 18.9 Å². The van der Waals surface area contributed by atoms with E-state index in [-0.39, 0.29) is 16.7 Å². The maximum absolute atomic E-state index is 12.9. The molecule has 1 aliphatic rings. The van der Waals surface area contributed by atoms with Crippen molar-refractivity contribution >= 4 is 34.4 Å². The average molecular weight is 340 g/mol. The van der Waals surface area contributed by atoms with E-state index in [4.69, 9.17) is 0 Å². The summed E-state index contributed by atoms with van der Waals surface area (Å²) < 4.78 is 3.30. The summed E-state index contributed by atoms with van der Waals surface area (Å²) in [6.45, 7) is 0. The van der Waals surface area contributed by atoms with Gasteiger partial charge in [-0.1, -0.05) is 18.2 Å². The van der Waals surface area contributed by atoms with Crippen LogP contribution in [0.5, 0.6) is 0 Å². The Morgan fingerprint density at radius 2 is 2.00 bits per heavy atom. The first-order valence-corrected chi connectivity index (χ1v) is 8.63. The number of aryl methyl sites for hydroxylation is 2. The van der Waals surface area contributed by atoms with Gasteiger partial charge in [-0.3, -0.25) is 14.3 Å². The van der Waals surface area contributed by atoms with Crippen LogP contribution in [-0.4, -0.2) is 26.0 Å². The maximum atomic E-state index is 12.9. The normalized spacial score (nSPS) is 17.4. The minimum Gasteiger partial charge on any atom is -0.311 e.